The second-order valence-electron chi connectivity index (χ2n) is 8.08. The third-order valence-corrected chi connectivity index (χ3v) is 6.52. The van der Waals surface area contributed by atoms with E-state index in [0.29, 0.717) is 11.7 Å². The number of phenols is 1. The Morgan fingerprint density at radius 2 is 2.00 bits per heavy atom. The zero-order valence-corrected chi connectivity index (χ0v) is 15.2. The number of pyridine rings is 1. The van der Waals surface area contributed by atoms with E-state index in [9.17, 15) is 5.11 Å². The van der Waals surface area contributed by atoms with Crippen molar-refractivity contribution in [3.63, 3.8) is 0 Å². The fraction of sp³-hybridized carbons (Fsp3) is 0.348. The van der Waals surface area contributed by atoms with Gasteiger partial charge in [-0.2, -0.15) is 0 Å². The summed E-state index contributed by atoms with van der Waals surface area (Å²) in [6.45, 7) is 2.19. The first-order valence-corrected chi connectivity index (χ1v) is 9.50. The molecule has 3 aromatic rings. The minimum atomic E-state index is 0.0771. The van der Waals surface area contributed by atoms with E-state index in [1.54, 1.807) is 6.07 Å². The lowest BCUT2D eigenvalue weighted by Gasteiger charge is -2.50. The molecule has 0 unspecified atom stereocenters. The van der Waals surface area contributed by atoms with Gasteiger partial charge in [0.25, 0.3) is 0 Å². The van der Waals surface area contributed by atoms with Crippen molar-refractivity contribution < 1.29 is 5.11 Å². The standard InChI is InChI=1S/C23H24N2O/c1-25-10-9-23(18-6-4-7-20(26)13-18)14-22-17(12-19(23)15-25)11-16-5-2-3-8-21(16)24-22/h2-8,11,13,19,26H,9-10,12,14-15H2,1H3/t19-,23+/m1/s1. The Bertz CT molecular complexity index is 983. The summed E-state index contributed by atoms with van der Waals surface area (Å²) in [5, 5.41) is 11.3. The molecule has 1 fully saturated rings. The van der Waals surface area contributed by atoms with Gasteiger partial charge in [-0.1, -0.05) is 30.3 Å². The number of fused-ring (bicyclic) bond motifs is 3. The van der Waals surface area contributed by atoms with Gasteiger partial charge in [-0.3, -0.25) is 4.98 Å². The number of aromatic hydroxyl groups is 1. The highest BCUT2D eigenvalue weighted by Crippen LogP contribution is 2.48. The average molecular weight is 344 g/mol. The molecule has 0 amide bonds. The third kappa shape index (κ3) is 2.42. The SMILES string of the molecule is CN1CC[C@@]2(c3cccc(O)c3)Cc3nc4ccccc4cc3C[C@@H]2C1. The van der Waals surface area contributed by atoms with Gasteiger partial charge in [0.05, 0.1) is 5.52 Å². The maximum Gasteiger partial charge on any atom is 0.115 e. The predicted octanol–water partition coefficient (Wildman–Crippen LogP) is 3.93. The van der Waals surface area contributed by atoms with Crippen LogP contribution in [-0.4, -0.2) is 35.1 Å². The monoisotopic (exact) mass is 344 g/mol. The van der Waals surface area contributed by atoms with Crippen molar-refractivity contribution >= 4 is 10.9 Å². The van der Waals surface area contributed by atoms with Crippen molar-refractivity contribution in [3.8, 4) is 5.75 Å². The van der Waals surface area contributed by atoms with Crippen LogP contribution < -0.4 is 0 Å². The molecule has 3 nitrogen and oxygen atoms in total. The largest absolute Gasteiger partial charge is 0.508 e. The van der Waals surface area contributed by atoms with Crippen LogP contribution in [0.5, 0.6) is 5.75 Å². The Morgan fingerprint density at radius 3 is 2.88 bits per heavy atom. The maximum absolute atomic E-state index is 10.1. The predicted molar refractivity (Wildman–Crippen MR) is 105 cm³/mol. The van der Waals surface area contributed by atoms with E-state index in [1.807, 2.05) is 12.1 Å². The van der Waals surface area contributed by atoms with E-state index in [2.05, 4.69) is 48.3 Å². The highest BCUT2D eigenvalue weighted by Gasteiger charge is 2.47. The van der Waals surface area contributed by atoms with Crippen LogP contribution in [-0.2, 0) is 18.3 Å². The van der Waals surface area contributed by atoms with Crippen molar-refractivity contribution in [1.82, 2.24) is 9.88 Å². The fourth-order valence-corrected chi connectivity index (χ4v) is 5.12. The first-order chi connectivity index (χ1) is 12.6. The zero-order chi connectivity index (χ0) is 17.7. The Kier molecular flexibility index (Phi) is 3.54. The van der Waals surface area contributed by atoms with Crippen molar-refractivity contribution in [3.05, 3.63) is 71.4 Å². The molecule has 0 saturated carbocycles. The van der Waals surface area contributed by atoms with Crippen molar-refractivity contribution in [1.29, 1.82) is 0 Å². The lowest BCUT2D eigenvalue weighted by molar-refractivity contribution is 0.0987. The summed E-state index contributed by atoms with van der Waals surface area (Å²) in [7, 11) is 2.22. The quantitative estimate of drug-likeness (QED) is 0.727. The van der Waals surface area contributed by atoms with Crippen LogP contribution in [0.15, 0.2) is 54.6 Å². The summed E-state index contributed by atoms with van der Waals surface area (Å²) in [6.07, 6.45) is 3.15. The number of hydrogen-bond donors (Lipinski definition) is 1. The van der Waals surface area contributed by atoms with Gasteiger partial charge in [0.2, 0.25) is 0 Å². The third-order valence-electron chi connectivity index (χ3n) is 6.52. The molecular formula is C23H24N2O. The highest BCUT2D eigenvalue weighted by molar-refractivity contribution is 5.79. The molecule has 1 aromatic heterocycles. The van der Waals surface area contributed by atoms with E-state index >= 15 is 0 Å². The number of hydrogen-bond acceptors (Lipinski definition) is 3. The minimum absolute atomic E-state index is 0.0771. The summed E-state index contributed by atoms with van der Waals surface area (Å²) in [5.74, 6) is 0.922. The summed E-state index contributed by atoms with van der Waals surface area (Å²) >= 11 is 0. The van der Waals surface area contributed by atoms with Crippen LogP contribution in [0, 0.1) is 5.92 Å². The van der Waals surface area contributed by atoms with Crippen molar-refractivity contribution in [2.24, 2.45) is 5.92 Å². The molecule has 0 radical (unpaired) electrons. The first-order valence-electron chi connectivity index (χ1n) is 9.50. The number of likely N-dealkylation sites (tertiary alicyclic amines) is 1. The molecule has 0 spiro atoms. The van der Waals surface area contributed by atoms with Gasteiger partial charge in [-0.25, -0.2) is 0 Å². The second kappa shape index (κ2) is 5.82. The van der Waals surface area contributed by atoms with Gasteiger partial charge in [-0.05, 0) is 67.7 Å². The van der Waals surface area contributed by atoms with Crippen LogP contribution in [0.3, 0.4) is 0 Å². The lowest BCUT2D eigenvalue weighted by Crippen LogP contribution is -2.53. The van der Waals surface area contributed by atoms with Crippen LogP contribution >= 0.6 is 0 Å². The van der Waals surface area contributed by atoms with E-state index in [1.165, 1.54) is 22.2 Å². The molecule has 1 aliphatic carbocycles. The lowest BCUT2D eigenvalue weighted by atomic mass is 9.58. The Morgan fingerprint density at radius 1 is 1.12 bits per heavy atom. The molecule has 26 heavy (non-hydrogen) atoms. The number of nitrogens with zero attached hydrogens (tertiary/aromatic N) is 2. The Hall–Kier alpha value is -2.39. The van der Waals surface area contributed by atoms with Gasteiger partial charge < -0.3 is 10.0 Å². The maximum atomic E-state index is 10.1. The number of phenolic OH excluding ortho intramolecular Hbond substituents is 1. The van der Waals surface area contributed by atoms with Crippen LogP contribution in [0.4, 0.5) is 0 Å². The average Bonchev–Trinajstić information content (AvgIpc) is 2.65. The first kappa shape index (κ1) is 15.8. The number of aromatic nitrogens is 1. The van der Waals surface area contributed by atoms with E-state index in [0.717, 1.165) is 37.9 Å². The molecule has 1 N–H and O–H groups in total. The Labute approximate surface area is 154 Å². The molecule has 3 heteroatoms. The van der Waals surface area contributed by atoms with Gasteiger partial charge >= 0.3 is 0 Å². The molecule has 5 rings (SSSR count). The highest BCUT2D eigenvalue weighted by atomic mass is 16.3. The zero-order valence-electron chi connectivity index (χ0n) is 15.2. The van der Waals surface area contributed by atoms with Gasteiger partial charge in [0, 0.05) is 29.5 Å². The topological polar surface area (TPSA) is 36.4 Å². The Balaban J connectivity index is 1.67. The van der Waals surface area contributed by atoms with Crippen LogP contribution in [0.1, 0.15) is 23.2 Å². The summed E-state index contributed by atoms with van der Waals surface area (Å²) in [5.41, 5.74) is 5.08. The second-order valence-corrected chi connectivity index (χ2v) is 8.08. The molecule has 2 aliphatic rings. The molecule has 0 bridgehead atoms. The van der Waals surface area contributed by atoms with Crippen LogP contribution in [0.2, 0.25) is 0 Å². The van der Waals surface area contributed by atoms with Crippen molar-refractivity contribution in [2.45, 2.75) is 24.7 Å². The van der Waals surface area contributed by atoms with Gasteiger partial charge in [-0.15, -0.1) is 0 Å². The number of para-hydroxylation sites is 1. The van der Waals surface area contributed by atoms with Gasteiger partial charge in [0.1, 0.15) is 5.75 Å². The van der Waals surface area contributed by atoms with Gasteiger partial charge in [0.15, 0.2) is 0 Å². The molecule has 2 heterocycles. The van der Waals surface area contributed by atoms with E-state index in [4.69, 9.17) is 4.98 Å². The molecule has 1 saturated heterocycles. The summed E-state index contributed by atoms with van der Waals surface area (Å²) in [6, 6.07) is 18.7. The normalized spacial score (nSPS) is 25.7. The van der Waals surface area contributed by atoms with Crippen molar-refractivity contribution in [2.75, 3.05) is 20.1 Å². The molecule has 2 atom stereocenters. The smallest absolute Gasteiger partial charge is 0.115 e. The molecular weight excluding hydrogens is 320 g/mol. The number of rotatable bonds is 1. The summed E-state index contributed by atoms with van der Waals surface area (Å²) < 4.78 is 0. The van der Waals surface area contributed by atoms with E-state index < -0.39 is 0 Å². The molecule has 1 aliphatic heterocycles. The number of piperidine rings is 1. The summed E-state index contributed by atoms with van der Waals surface area (Å²) in [4.78, 5) is 7.49. The van der Waals surface area contributed by atoms with Crippen LogP contribution in [0.25, 0.3) is 10.9 Å². The molecule has 132 valence electrons. The van der Waals surface area contributed by atoms with E-state index in [-0.39, 0.29) is 5.41 Å². The number of benzene rings is 2. The minimum Gasteiger partial charge on any atom is -0.508 e. The fourth-order valence-electron chi connectivity index (χ4n) is 5.12. The molecule has 2 aromatic carbocycles.